The number of rotatable bonds is 1. The van der Waals surface area contributed by atoms with Crippen molar-refractivity contribution in [1.82, 2.24) is 0 Å². The minimum Gasteiger partial charge on any atom is -0.490 e. The van der Waals surface area contributed by atoms with Crippen LogP contribution in [0.15, 0.2) is 21.6 Å². The van der Waals surface area contributed by atoms with Crippen LogP contribution in [-0.2, 0) is 0 Å². The van der Waals surface area contributed by atoms with E-state index in [1.807, 2.05) is 11.0 Å². The SMILES string of the molecule is CN1CCOc2cc(Br)c(N3CCN=C3N)cc21. The molecule has 0 saturated heterocycles. The summed E-state index contributed by atoms with van der Waals surface area (Å²) in [6.45, 7) is 3.20. The van der Waals surface area contributed by atoms with E-state index in [9.17, 15) is 0 Å². The van der Waals surface area contributed by atoms with Crippen LogP contribution in [0.4, 0.5) is 11.4 Å². The molecule has 2 heterocycles. The average molecular weight is 311 g/mol. The molecule has 0 saturated carbocycles. The van der Waals surface area contributed by atoms with Crippen molar-refractivity contribution in [1.29, 1.82) is 0 Å². The molecule has 0 atom stereocenters. The molecule has 0 aliphatic carbocycles. The Labute approximate surface area is 114 Å². The monoisotopic (exact) mass is 310 g/mol. The molecule has 1 aromatic rings. The molecule has 0 radical (unpaired) electrons. The Balaban J connectivity index is 2.05. The minimum absolute atomic E-state index is 0.579. The average Bonchev–Trinajstić information content (AvgIpc) is 2.75. The van der Waals surface area contributed by atoms with Crippen molar-refractivity contribution in [3.05, 3.63) is 16.6 Å². The standard InChI is InChI=1S/C12H15BrN4O/c1-16-4-5-18-11-6-8(13)9(7-10(11)16)17-3-2-15-12(17)14/h6-7H,2-5H2,1H3,(H2,14,15). The van der Waals surface area contributed by atoms with E-state index < -0.39 is 0 Å². The van der Waals surface area contributed by atoms with Crippen molar-refractivity contribution < 1.29 is 4.74 Å². The minimum atomic E-state index is 0.579. The van der Waals surface area contributed by atoms with Crippen LogP contribution in [0.1, 0.15) is 0 Å². The molecule has 96 valence electrons. The lowest BCUT2D eigenvalue weighted by Crippen LogP contribution is -2.34. The molecular weight excluding hydrogens is 296 g/mol. The summed E-state index contributed by atoms with van der Waals surface area (Å²) in [7, 11) is 2.07. The van der Waals surface area contributed by atoms with Gasteiger partial charge in [0.2, 0.25) is 0 Å². The second-order valence-electron chi connectivity index (χ2n) is 4.43. The van der Waals surface area contributed by atoms with Crippen LogP contribution in [0.5, 0.6) is 5.75 Å². The van der Waals surface area contributed by atoms with Crippen LogP contribution in [0.25, 0.3) is 0 Å². The number of ether oxygens (including phenoxy) is 1. The van der Waals surface area contributed by atoms with Crippen LogP contribution < -0.4 is 20.3 Å². The van der Waals surface area contributed by atoms with Crippen LogP contribution in [0, 0.1) is 0 Å². The Morgan fingerprint density at radius 1 is 1.33 bits per heavy atom. The summed E-state index contributed by atoms with van der Waals surface area (Å²) in [5.74, 6) is 1.49. The Kier molecular flexibility index (Phi) is 2.81. The molecule has 0 spiro atoms. The first kappa shape index (κ1) is 11.6. The van der Waals surface area contributed by atoms with Crippen LogP contribution >= 0.6 is 15.9 Å². The summed E-state index contributed by atoms with van der Waals surface area (Å²) in [5, 5.41) is 0. The number of guanidine groups is 1. The molecule has 6 heteroatoms. The van der Waals surface area contributed by atoms with Gasteiger partial charge in [0.1, 0.15) is 12.4 Å². The quantitative estimate of drug-likeness (QED) is 0.852. The first-order valence-corrected chi connectivity index (χ1v) is 6.71. The van der Waals surface area contributed by atoms with E-state index in [1.54, 1.807) is 0 Å². The zero-order valence-corrected chi connectivity index (χ0v) is 11.8. The summed E-state index contributed by atoms with van der Waals surface area (Å²) >= 11 is 3.58. The number of anilines is 2. The summed E-state index contributed by atoms with van der Waals surface area (Å²) < 4.78 is 6.65. The van der Waals surface area contributed by atoms with Gasteiger partial charge in [-0.1, -0.05) is 0 Å². The largest absolute Gasteiger partial charge is 0.490 e. The van der Waals surface area contributed by atoms with E-state index in [0.29, 0.717) is 5.96 Å². The second kappa shape index (κ2) is 4.35. The van der Waals surface area contributed by atoms with Crippen molar-refractivity contribution in [2.24, 2.45) is 10.7 Å². The third-order valence-electron chi connectivity index (χ3n) is 3.29. The third-order valence-corrected chi connectivity index (χ3v) is 3.92. The number of fused-ring (bicyclic) bond motifs is 1. The molecule has 2 aliphatic rings. The van der Waals surface area contributed by atoms with Gasteiger partial charge in [-0.3, -0.25) is 4.99 Å². The summed E-state index contributed by atoms with van der Waals surface area (Å²) in [5.41, 5.74) is 8.04. The van der Waals surface area contributed by atoms with Gasteiger partial charge in [-0.2, -0.15) is 0 Å². The fraction of sp³-hybridized carbons (Fsp3) is 0.417. The molecule has 1 aromatic carbocycles. The molecule has 0 unspecified atom stereocenters. The number of hydrogen-bond acceptors (Lipinski definition) is 5. The maximum atomic E-state index is 5.90. The van der Waals surface area contributed by atoms with E-state index in [0.717, 1.165) is 47.8 Å². The van der Waals surface area contributed by atoms with Crippen molar-refractivity contribution in [3.8, 4) is 5.75 Å². The number of halogens is 1. The second-order valence-corrected chi connectivity index (χ2v) is 5.29. The van der Waals surface area contributed by atoms with E-state index >= 15 is 0 Å². The predicted octanol–water partition coefficient (Wildman–Crippen LogP) is 1.41. The highest BCUT2D eigenvalue weighted by molar-refractivity contribution is 9.10. The smallest absolute Gasteiger partial charge is 0.195 e. The first-order chi connectivity index (χ1) is 8.66. The molecule has 2 N–H and O–H groups in total. The fourth-order valence-corrected chi connectivity index (χ4v) is 2.81. The number of nitrogens with two attached hydrogens (primary N) is 1. The predicted molar refractivity (Wildman–Crippen MR) is 76.7 cm³/mol. The normalized spacial score (nSPS) is 18.4. The fourth-order valence-electron chi connectivity index (χ4n) is 2.27. The zero-order valence-electron chi connectivity index (χ0n) is 10.2. The molecule has 5 nitrogen and oxygen atoms in total. The molecule has 0 aromatic heterocycles. The molecule has 3 rings (SSSR count). The van der Waals surface area contributed by atoms with Gasteiger partial charge in [-0.25, -0.2) is 0 Å². The van der Waals surface area contributed by atoms with E-state index in [2.05, 4.69) is 38.9 Å². The highest BCUT2D eigenvalue weighted by Crippen LogP contribution is 2.40. The van der Waals surface area contributed by atoms with Crippen LogP contribution in [0.3, 0.4) is 0 Å². The Bertz CT molecular complexity index is 517. The van der Waals surface area contributed by atoms with Crippen molar-refractivity contribution in [3.63, 3.8) is 0 Å². The zero-order chi connectivity index (χ0) is 12.7. The summed E-state index contributed by atoms with van der Waals surface area (Å²) in [4.78, 5) is 8.43. The van der Waals surface area contributed by atoms with Gasteiger partial charge in [-0.15, -0.1) is 0 Å². The lowest BCUT2D eigenvalue weighted by atomic mass is 10.2. The number of hydrogen-bond donors (Lipinski definition) is 1. The van der Waals surface area contributed by atoms with Crippen molar-refractivity contribution in [2.45, 2.75) is 0 Å². The number of nitrogens with zero attached hydrogens (tertiary/aromatic N) is 3. The number of aliphatic imine (C=N–C) groups is 1. The highest BCUT2D eigenvalue weighted by atomic mass is 79.9. The molecular formula is C12H15BrN4O. The lowest BCUT2D eigenvalue weighted by Gasteiger charge is -2.30. The molecule has 0 fully saturated rings. The van der Waals surface area contributed by atoms with Gasteiger partial charge >= 0.3 is 0 Å². The molecule has 18 heavy (non-hydrogen) atoms. The van der Waals surface area contributed by atoms with Crippen LogP contribution in [-0.4, -0.2) is 39.2 Å². The Hall–Kier alpha value is -1.43. The third kappa shape index (κ3) is 1.80. The molecule has 2 aliphatic heterocycles. The number of likely N-dealkylation sites (N-methyl/N-ethyl adjacent to an activating group) is 1. The van der Waals surface area contributed by atoms with Crippen molar-refractivity contribution in [2.75, 3.05) is 43.1 Å². The van der Waals surface area contributed by atoms with Gasteiger partial charge in [0.05, 0.1) is 24.5 Å². The molecule has 0 bridgehead atoms. The van der Waals surface area contributed by atoms with E-state index in [-0.39, 0.29) is 0 Å². The maximum Gasteiger partial charge on any atom is 0.195 e. The Morgan fingerprint density at radius 3 is 2.89 bits per heavy atom. The van der Waals surface area contributed by atoms with Gasteiger partial charge in [0.15, 0.2) is 5.96 Å². The Morgan fingerprint density at radius 2 is 2.17 bits per heavy atom. The van der Waals surface area contributed by atoms with Gasteiger partial charge < -0.3 is 20.3 Å². The lowest BCUT2D eigenvalue weighted by molar-refractivity contribution is 0.311. The van der Waals surface area contributed by atoms with E-state index in [4.69, 9.17) is 10.5 Å². The summed E-state index contributed by atoms with van der Waals surface area (Å²) in [6.07, 6.45) is 0. The highest BCUT2D eigenvalue weighted by Gasteiger charge is 2.23. The number of benzene rings is 1. The van der Waals surface area contributed by atoms with Gasteiger partial charge in [-0.05, 0) is 28.1 Å². The van der Waals surface area contributed by atoms with Gasteiger partial charge in [0.25, 0.3) is 0 Å². The topological polar surface area (TPSA) is 54.1 Å². The van der Waals surface area contributed by atoms with Crippen LogP contribution in [0.2, 0.25) is 0 Å². The first-order valence-electron chi connectivity index (χ1n) is 5.92. The van der Waals surface area contributed by atoms with Gasteiger partial charge in [0, 0.05) is 18.1 Å². The van der Waals surface area contributed by atoms with E-state index in [1.165, 1.54) is 0 Å². The maximum absolute atomic E-state index is 5.90. The van der Waals surface area contributed by atoms with Crippen molar-refractivity contribution >= 4 is 33.3 Å². The molecule has 0 amide bonds. The summed E-state index contributed by atoms with van der Waals surface area (Å²) in [6, 6.07) is 4.11.